The van der Waals surface area contributed by atoms with Crippen molar-refractivity contribution in [2.24, 2.45) is 0 Å². The van der Waals surface area contributed by atoms with Crippen molar-refractivity contribution in [1.29, 1.82) is 0 Å². The number of fused-ring (bicyclic) bond motifs is 1. The molecule has 0 aliphatic carbocycles. The van der Waals surface area contributed by atoms with Crippen LogP contribution in [0.25, 0.3) is 0 Å². The van der Waals surface area contributed by atoms with E-state index in [9.17, 15) is 9.18 Å². The van der Waals surface area contributed by atoms with E-state index in [0.29, 0.717) is 28.7 Å². The summed E-state index contributed by atoms with van der Waals surface area (Å²) in [5.41, 5.74) is 1.47. The molecular formula is C17H14ClFO5. The number of rotatable bonds is 5. The number of ether oxygens (including phenoxy) is 4. The highest BCUT2D eigenvalue weighted by Crippen LogP contribution is 2.32. The van der Waals surface area contributed by atoms with Crippen LogP contribution in [0.1, 0.15) is 11.1 Å². The van der Waals surface area contributed by atoms with Gasteiger partial charge in [-0.25, -0.2) is 9.18 Å². The molecule has 0 atom stereocenters. The Hall–Kier alpha value is -2.31. The highest BCUT2D eigenvalue weighted by Gasteiger charge is 2.17. The standard InChI is InChI=1S/C17H14ClFO5/c18-13-5-11-7-21-10-24-17(11)12(6-13)8-23-16(20)9-22-15-3-1-14(19)2-4-15/h1-6H,7-10H2. The van der Waals surface area contributed by atoms with E-state index in [1.54, 1.807) is 12.1 Å². The lowest BCUT2D eigenvalue weighted by Crippen LogP contribution is -2.17. The number of esters is 1. The summed E-state index contributed by atoms with van der Waals surface area (Å²) in [6, 6.07) is 8.79. The molecule has 0 aromatic heterocycles. The predicted molar refractivity (Wildman–Crippen MR) is 83.4 cm³/mol. The van der Waals surface area contributed by atoms with E-state index >= 15 is 0 Å². The van der Waals surface area contributed by atoms with Crippen LogP contribution in [0.15, 0.2) is 36.4 Å². The molecule has 3 rings (SSSR count). The van der Waals surface area contributed by atoms with Gasteiger partial charge in [0.2, 0.25) is 0 Å². The zero-order chi connectivity index (χ0) is 16.9. The molecule has 0 amide bonds. The van der Waals surface area contributed by atoms with Crippen LogP contribution >= 0.6 is 11.6 Å². The van der Waals surface area contributed by atoms with Gasteiger partial charge in [-0.1, -0.05) is 11.6 Å². The minimum atomic E-state index is -0.555. The molecule has 126 valence electrons. The van der Waals surface area contributed by atoms with Gasteiger partial charge < -0.3 is 18.9 Å². The molecule has 0 saturated carbocycles. The predicted octanol–water partition coefficient (Wildman–Crippen LogP) is 3.47. The van der Waals surface area contributed by atoms with Crippen molar-refractivity contribution in [3.8, 4) is 11.5 Å². The molecule has 2 aromatic rings. The van der Waals surface area contributed by atoms with Gasteiger partial charge in [-0.3, -0.25) is 0 Å². The normalized spacial score (nSPS) is 12.9. The lowest BCUT2D eigenvalue weighted by Gasteiger charge is -2.21. The van der Waals surface area contributed by atoms with Crippen molar-refractivity contribution in [2.45, 2.75) is 13.2 Å². The SMILES string of the molecule is O=C(COc1ccc(F)cc1)OCc1cc(Cl)cc2c1OCOC2. The molecule has 0 unspecified atom stereocenters. The number of halogens is 2. The van der Waals surface area contributed by atoms with Crippen LogP contribution in [0.5, 0.6) is 11.5 Å². The van der Waals surface area contributed by atoms with E-state index in [2.05, 4.69) is 0 Å². The molecule has 0 radical (unpaired) electrons. The molecule has 0 N–H and O–H groups in total. The van der Waals surface area contributed by atoms with E-state index < -0.39 is 5.97 Å². The molecule has 0 bridgehead atoms. The smallest absolute Gasteiger partial charge is 0.344 e. The molecule has 5 nitrogen and oxygen atoms in total. The highest BCUT2D eigenvalue weighted by molar-refractivity contribution is 6.30. The van der Waals surface area contributed by atoms with E-state index in [1.807, 2.05) is 0 Å². The number of hydrogen-bond acceptors (Lipinski definition) is 5. The second-order valence-electron chi connectivity index (χ2n) is 5.07. The van der Waals surface area contributed by atoms with Crippen LogP contribution in [0, 0.1) is 5.82 Å². The number of hydrogen-bond donors (Lipinski definition) is 0. The number of carbonyl (C=O) groups excluding carboxylic acids is 1. The van der Waals surface area contributed by atoms with Crippen LogP contribution in [-0.4, -0.2) is 19.4 Å². The Bertz CT molecular complexity index is 733. The Kier molecular flexibility index (Phi) is 5.17. The Balaban J connectivity index is 1.56. The average molecular weight is 353 g/mol. The van der Waals surface area contributed by atoms with Gasteiger partial charge in [0, 0.05) is 16.1 Å². The third-order valence-electron chi connectivity index (χ3n) is 3.31. The first-order valence-electron chi connectivity index (χ1n) is 7.17. The third-order valence-corrected chi connectivity index (χ3v) is 3.53. The molecule has 7 heteroatoms. The van der Waals surface area contributed by atoms with Crippen molar-refractivity contribution in [3.63, 3.8) is 0 Å². The van der Waals surface area contributed by atoms with Crippen molar-refractivity contribution >= 4 is 17.6 Å². The van der Waals surface area contributed by atoms with Gasteiger partial charge in [0.15, 0.2) is 13.4 Å². The van der Waals surface area contributed by atoms with Gasteiger partial charge in [-0.2, -0.15) is 0 Å². The zero-order valence-corrected chi connectivity index (χ0v) is 13.3. The Morgan fingerprint density at radius 2 is 2.04 bits per heavy atom. The number of carbonyl (C=O) groups is 1. The minimum absolute atomic E-state index is 0.00844. The van der Waals surface area contributed by atoms with Gasteiger partial charge in [0.25, 0.3) is 0 Å². The third kappa shape index (κ3) is 4.15. The number of benzene rings is 2. The van der Waals surface area contributed by atoms with E-state index in [4.69, 9.17) is 30.5 Å². The summed E-state index contributed by atoms with van der Waals surface area (Å²) >= 11 is 6.04. The molecule has 0 saturated heterocycles. The Morgan fingerprint density at radius 1 is 1.25 bits per heavy atom. The van der Waals surface area contributed by atoms with Crippen molar-refractivity contribution in [1.82, 2.24) is 0 Å². The maximum absolute atomic E-state index is 12.8. The molecule has 0 spiro atoms. The molecule has 24 heavy (non-hydrogen) atoms. The highest BCUT2D eigenvalue weighted by atomic mass is 35.5. The fourth-order valence-electron chi connectivity index (χ4n) is 2.24. The summed E-state index contributed by atoms with van der Waals surface area (Å²) in [5, 5.41) is 0.511. The van der Waals surface area contributed by atoms with Crippen molar-refractivity contribution in [2.75, 3.05) is 13.4 Å². The fraction of sp³-hybridized carbons (Fsp3) is 0.235. The first-order chi connectivity index (χ1) is 11.6. The molecule has 0 fully saturated rings. The zero-order valence-electron chi connectivity index (χ0n) is 12.6. The monoisotopic (exact) mass is 352 g/mol. The van der Waals surface area contributed by atoms with Crippen molar-refractivity contribution < 1.29 is 28.1 Å². The van der Waals surface area contributed by atoms with Gasteiger partial charge in [-0.15, -0.1) is 0 Å². The van der Waals surface area contributed by atoms with Gasteiger partial charge in [0.1, 0.15) is 23.9 Å². The molecule has 2 aromatic carbocycles. The molecule has 1 aliphatic heterocycles. The van der Waals surface area contributed by atoms with Gasteiger partial charge in [0.05, 0.1) is 6.61 Å². The van der Waals surface area contributed by atoms with Crippen LogP contribution in [0.4, 0.5) is 4.39 Å². The summed E-state index contributed by atoms with van der Waals surface area (Å²) in [6.45, 7) is 0.265. The molecular weight excluding hydrogens is 339 g/mol. The maximum atomic E-state index is 12.8. The molecule has 1 aliphatic rings. The van der Waals surface area contributed by atoms with E-state index in [1.165, 1.54) is 24.3 Å². The fourth-order valence-corrected chi connectivity index (χ4v) is 2.50. The molecule has 1 heterocycles. The van der Waals surface area contributed by atoms with Crippen LogP contribution in [0.3, 0.4) is 0 Å². The Morgan fingerprint density at radius 3 is 2.83 bits per heavy atom. The summed E-state index contributed by atoms with van der Waals surface area (Å²) in [6.07, 6.45) is 0. The maximum Gasteiger partial charge on any atom is 0.344 e. The second-order valence-corrected chi connectivity index (χ2v) is 5.50. The minimum Gasteiger partial charge on any atom is -0.482 e. The largest absolute Gasteiger partial charge is 0.482 e. The summed E-state index contributed by atoms with van der Waals surface area (Å²) in [5.74, 6) is 0.0756. The topological polar surface area (TPSA) is 54.0 Å². The summed E-state index contributed by atoms with van der Waals surface area (Å²) < 4.78 is 33.8. The first kappa shape index (κ1) is 16.5. The quantitative estimate of drug-likeness (QED) is 0.771. The van der Waals surface area contributed by atoms with Crippen LogP contribution in [0.2, 0.25) is 5.02 Å². The second kappa shape index (κ2) is 7.51. The van der Waals surface area contributed by atoms with Crippen molar-refractivity contribution in [3.05, 3.63) is 58.4 Å². The lowest BCUT2D eigenvalue weighted by atomic mass is 10.1. The van der Waals surface area contributed by atoms with Gasteiger partial charge in [-0.05, 0) is 36.4 Å². The van der Waals surface area contributed by atoms with E-state index in [-0.39, 0.29) is 25.8 Å². The average Bonchev–Trinajstić information content (AvgIpc) is 2.59. The first-order valence-corrected chi connectivity index (χ1v) is 7.55. The van der Waals surface area contributed by atoms with E-state index in [0.717, 1.165) is 5.56 Å². The summed E-state index contributed by atoms with van der Waals surface area (Å²) in [4.78, 5) is 11.8. The van der Waals surface area contributed by atoms with Crippen LogP contribution < -0.4 is 9.47 Å². The Labute approximate surface area is 142 Å². The lowest BCUT2D eigenvalue weighted by molar-refractivity contribution is -0.147. The summed E-state index contributed by atoms with van der Waals surface area (Å²) in [7, 11) is 0. The van der Waals surface area contributed by atoms with Crippen LogP contribution in [-0.2, 0) is 27.5 Å². The van der Waals surface area contributed by atoms with Gasteiger partial charge >= 0.3 is 5.97 Å².